The molecule has 1 aliphatic rings. The van der Waals surface area contributed by atoms with Crippen LogP contribution in [0.15, 0.2) is 24.4 Å². The van der Waals surface area contributed by atoms with Gasteiger partial charge in [0.1, 0.15) is 10.9 Å². The molecule has 6 heteroatoms. The van der Waals surface area contributed by atoms with Crippen LogP contribution >= 0.6 is 11.6 Å². The molecule has 0 aliphatic carbocycles. The number of aromatic nitrogens is 1. The smallest absolute Gasteiger partial charge is 0.239 e. The molecule has 0 spiro atoms. The van der Waals surface area contributed by atoms with Gasteiger partial charge >= 0.3 is 0 Å². The summed E-state index contributed by atoms with van der Waals surface area (Å²) in [5.41, 5.74) is 6.66. The van der Waals surface area contributed by atoms with E-state index in [2.05, 4.69) is 4.98 Å². The molecule has 1 aliphatic heterocycles. The van der Waals surface area contributed by atoms with Crippen molar-refractivity contribution >= 4 is 28.3 Å². The predicted molar refractivity (Wildman–Crippen MR) is 81.3 cm³/mol. The molecule has 1 aromatic heterocycles. The van der Waals surface area contributed by atoms with Crippen molar-refractivity contribution in [3.05, 3.63) is 35.1 Å². The SMILES string of the molecule is COc1cc2ccnc(Cl)c2cc1CN1CC[C@H](N)C1=O. The Morgan fingerprint density at radius 2 is 2.33 bits per heavy atom. The lowest BCUT2D eigenvalue weighted by molar-refractivity contribution is -0.129. The van der Waals surface area contributed by atoms with Gasteiger partial charge in [-0.15, -0.1) is 0 Å². The van der Waals surface area contributed by atoms with Crippen LogP contribution in [-0.2, 0) is 11.3 Å². The van der Waals surface area contributed by atoms with Crippen LogP contribution in [0.3, 0.4) is 0 Å². The lowest BCUT2D eigenvalue weighted by Crippen LogP contribution is -2.33. The molecule has 0 unspecified atom stereocenters. The van der Waals surface area contributed by atoms with Crippen molar-refractivity contribution in [1.29, 1.82) is 0 Å². The van der Waals surface area contributed by atoms with E-state index < -0.39 is 0 Å². The molecule has 21 heavy (non-hydrogen) atoms. The number of amides is 1. The Kier molecular flexibility index (Phi) is 3.69. The number of hydrogen-bond acceptors (Lipinski definition) is 4. The second-order valence-electron chi connectivity index (χ2n) is 5.14. The van der Waals surface area contributed by atoms with E-state index in [1.807, 2.05) is 18.2 Å². The summed E-state index contributed by atoms with van der Waals surface area (Å²) in [6, 6.07) is 5.34. The average molecular weight is 306 g/mol. The fourth-order valence-electron chi connectivity index (χ4n) is 2.65. The van der Waals surface area contributed by atoms with E-state index in [-0.39, 0.29) is 11.9 Å². The number of benzene rings is 1. The molecule has 1 fully saturated rings. The topological polar surface area (TPSA) is 68.4 Å². The second-order valence-corrected chi connectivity index (χ2v) is 5.50. The summed E-state index contributed by atoms with van der Waals surface area (Å²) < 4.78 is 5.43. The minimum absolute atomic E-state index is 0.0190. The quantitative estimate of drug-likeness (QED) is 0.880. The lowest BCUT2D eigenvalue weighted by Gasteiger charge is -2.18. The largest absolute Gasteiger partial charge is 0.496 e. The summed E-state index contributed by atoms with van der Waals surface area (Å²) in [6.45, 7) is 1.14. The van der Waals surface area contributed by atoms with Crippen molar-refractivity contribution < 1.29 is 9.53 Å². The van der Waals surface area contributed by atoms with E-state index in [4.69, 9.17) is 22.1 Å². The van der Waals surface area contributed by atoms with Gasteiger partial charge in [0, 0.05) is 30.2 Å². The number of halogens is 1. The molecule has 0 bridgehead atoms. The highest BCUT2D eigenvalue weighted by Crippen LogP contribution is 2.30. The highest BCUT2D eigenvalue weighted by atomic mass is 35.5. The minimum Gasteiger partial charge on any atom is -0.496 e. The van der Waals surface area contributed by atoms with Gasteiger partial charge in [-0.05, 0) is 30.0 Å². The zero-order chi connectivity index (χ0) is 15.0. The number of carbonyl (C=O) groups excluding carboxylic acids is 1. The molecule has 1 aromatic carbocycles. The number of ether oxygens (including phenoxy) is 1. The minimum atomic E-state index is -0.387. The fourth-order valence-corrected chi connectivity index (χ4v) is 2.87. The maximum atomic E-state index is 12.0. The monoisotopic (exact) mass is 305 g/mol. The average Bonchev–Trinajstić information content (AvgIpc) is 2.79. The number of likely N-dealkylation sites (tertiary alicyclic amines) is 1. The maximum absolute atomic E-state index is 12.0. The van der Waals surface area contributed by atoms with Gasteiger partial charge in [-0.3, -0.25) is 4.79 Å². The number of carbonyl (C=O) groups is 1. The van der Waals surface area contributed by atoms with Gasteiger partial charge in [-0.25, -0.2) is 4.98 Å². The van der Waals surface area contributed by atoms with E-state index in [0.29, 0.717) is 24.7 Å². The van der Waals surface area contributed by atoms with Gasteiger partial charge in [0.05, 0.1) is 13.2 Å². The fraction of sp³-hybridized carbons (Fsp3) is 0.333. The van der Waals surface area contributed by atoms with Gasteiger partial charge in [-0.2, -0.15) is 0 Å². The first-order valence-electron chi connectivity index (χ1n) is 6.75. The molecule has 3 rings (SSSR count). The number of rotatable bonds is 3. The maximum Gasteiger partial charge on any atom is 0.239 e. The zero-order valence-electron chi connectivity index (χ0n) is 11.7. The summed E-state index contributed by atoms with van der Waals surface area (Å²) in [5, 5.41) is 2.26. The van der Waals surface area contributed by atoms with Crippen LogP contribution in [0.1, 0.15) is 12.0 Å². The third-order valence-electron chi connectivity index (χ3n) is 3.82. The molecule has 1 atom stereocenters. The van der Waals surface area contributed by atoms with Crippen LogP contribution in [0.5, 0.6) is 5.75 Å². The summed E-state index contributed by atoms with van der Waals surface area (Å²) in [7, 11) is 1.62. The first kappa shape index (κ1) is 14.1. The first-order chi connectivity index (χ1) is 10.1. The third-order valence-corrected chi connectivity index (χ3v) is 4.12. The van der Waals surface area contributed by atoms with E-state index >= 15 is 0 Å². The van der Waals surface area contributed by atoms with Crippen LogP contribution in [0, 0.1) is 0 Å². The molecule has 2 aromatic rings. The molecule has 1 saturated heterocycles. The second kappa shape index (κ2) is 5.50. The number of hydrogen-bond donors (Lipinski definition) is 1. The standard InChI is InChI=1S/C15H16ClN3O2/c1-21-13-7-9-2-4-18-14(16)11(9)6-10(13)8-19-5-3-12(17)15(19)20/h2,4,6-7,12H,3,5,8,17H2,1H3/t12-/m0/s1. The van der Waals surface area contributed by atoms with Crippen molar-refractivity contribution in [2.24, 2.45) is 5.73 Å². The normalized spacial score (nSPS) is 18.5. The zero-order valence-corrected chi connectivity index (χ0v) is 12.4. The van der Waals surface area contributed by atoms with Crippen molar-refractivity contribution in [2.45, 2.75) is 19.0 Å². The summed E-state index contributed by atoms with van der Waals surface area (Å²) in [6.07, 6.45) is 2.35. The molecule has 110 valence electrons. The molecule has 2 heterocycles. The molecular weight excluding hydrogens is 290 g/mol. The predicted octanol–water partition coefficient (Wildman–Crippen LogP) is 1.96. The van der Waals surface area contributed by atoms with E-state index in [9.17, 15) is 4.79 Å². The van der Waals surface area contributed by atoms with Crippen LogP contribution in [0.25, 0.3) is 10.8 Å². The van der Waals surface area contributed by atoms with Gasteiger partial charge in [0.15, 0.2) is 0 Å². The Balaban J connectivity index is 2.01. The third kappa shape index (κ3) is 2.54. The Morgan fingerprint density at radius 1 is 1.52 bits per heavy atom. The number of methoxy groups -OCH3 is 1. The number of nitrogens with two attached hydrogens (primary N) is 1. The summed E-state index contributed by atoms with van der Waals surface area (Å²) in [4.78, 5) is 17.8. The Morgan fingerprint density at radius 3 is 3.00 bits per heavy atom. The number of fused-ring (bicyclic) bond motifs is 1. The van der Waals surface area contributed by atoms with E-state index in [1.54, 1.807) is 18.2 Å². The van der Waals surface area contributed by atoms with Crippen molar-refractivity contribution in [3.63, 3.8) is 0 Å². The molecule has 1 amide bonds. The molecule has 5 nitrogen and oxygen atoms in total. The molecule has 0 saturated carbocycles. The Bertz CT molecular complexity index is 705. The van der Waals surface area contributed by atoms with Crippen molar-refractivity contribution in [3.8, 4) is 5.75 Å². The molecule has 0 radical (unpaired) electrons. The highest BCUT2D eigenvalue weighted by molar-refractivity contribution is 6.34. The molecule has 2 N–H and O–H groups in total. The van der Waals surface area contributed by atoms with Gasteiger partial charge in [-0.1, -0.05) is 11.6 Å². The lowest BCUT2D eigenvalue weighted by atomic mass is 10.1. The number of nitrogens with zero attached hydrogens (tertiary/aromatic N) is 2. The van der Waals surface area contributed by atoms with Crippen LogP contribution in [-0.4, -0.2) is 35.5 Å². The Hall–Kier alpha value is -1.85. The number of pyridine rings is 1. The van der Waals surface area contributed by atoms with Gasteiger partial charge in [0.2, 0.25) is 5.91 Å². The Labute approximate surface area is 127 Å². The first-order valence-corrected chi connectivity index (χ1v) is 7.13. The van der Waals surface area contributed by atoms with Crippen molar-refractivity contribution in [2.75, 3.05) is 13.7 Å². The van der Waals surface area contributed by atoms with Gasteiger partial charge < -0.3 is 15.4 Å². The van der Waals surface area contributed by atoms with Crippen LogP contribution < -0.4 is 10.5 Å². The highest BCUT2D eigenvalue weighted by Gasteiger charge is 2.29. The summed E-state index contributed by atoms with van der Waals surface area (Å²) >= 11 is 6.14. The summed E-state index contributed by atoms with van der Waals surface area (Å²) in [5.74, 6) is 0.715. The van der Waals surface area contributed by atoms with E-state index in [1.165, 1.54) is 0 Å². The van der Waals surface area contributed by atoms with Gasteiger partial charge in [0.25, 0.3) is 0 Å². The van der Waals surface area contributed by atoms with E-state index in [0.717, 1.165) is 22.1 Å². The van der Waals surface area contributed by atoms with Crippen LogP contribution in [0.2, 0.25) is 5.15 Å². The molecular formula is C15H16ClN3O2. The van der Waals surface area contributed by atoms with Crippen molar-refractivity contribution in [1.82, 2.24) is 9.88 Å². The van der Waals surface area contributed by atoms with Crippen LogP contribution in [0.4, 0.5) is 0 Å².